The molecule has 5 heterocycles. The number of nitrogens with one attached hydrogen (secondary N) is 2. The van der Waals surface area contributed by atoms with Gasteiger partial charge in [-0.1, -0.05) is 44.1 Å². The normalized spacial score (nSPS) is 42.0. The minimum absolute atomic E-state index is 0.0138. The van der Waals surface area contributed by atoms with Crippen LogP contribution in [-0.2, 0) is 23.9 Å². The number of phenols is 1. The highest BCUT2D eigenvalue weighted by atomic mass is 16.6. The Hall–Kier alpha value is -3.37. The Labute approximate surface area is 409 Å². The first kappa shape index (κ1) is 47.9. The number of rotatable bonds is 8. The number of phenolic OH excluding ortho intramolecular Hbond substituents is 1. The number of ether oxygens (including phenoxy) is 3. The van der Waals surface area contributed by atoms with E-state index in [2.05, 4.69) is 28.5 Å². The van der Waals surface area contributed by atoms with E-state index in [1.54, 1.807) is 6.07 Å². The van der Waals surface area contributed by atoms with Gasteiger partial charge in [-0.15, -0.1) is 5.92 Å². The maximum Gasteiger partial charge on any atom is 0.332 e. The Bertz CT molecular complexity index is 2210. The van der Waals surface area contributed by atoms with Gasteiger partial charge in [0.15, 0.2) is 11.5 Å². The second kappa shape index (κ2) is 18.3. The van der Waals surface area contributed by atoms with E-state index in [0.29, 0.717) is 89.7 Å². The maximum absolute atomic E-state index is 16.2. The first-order valence-corrected chi connectivity index (χ1v) is 27.6. The molecule has 5 aliphatic heterocycles. The van der Waals surface area contributed by atoms with E-state index in [1.807, 2.05) is 6.92 Å². The molecule has 378 valence electrons. The monoisotopic (exact) mass is 953 g/mol. The number of esters is 2. The lowest BCUT2D eigenvalue weighted by atomic mass is 9.47. The van der Waals surface area contributed by atoms with Gasteiger partial charge in [0.05, 0.1) is 18.1 Å². The SMILES string of the molecule is CC(=O)O[C@H]1[C@@H]2[C@@H]3CC[C@]1(CCCO)[C@H](C[C@H](C)O)CC#C[C@H]1C[C@H]4c5c(ccc(O)c5OC[C@@H]4C4(CO)CCCC4)[C@@H]1C1(CCNCC1)[C@@H]2OC(=O)[C@@]12CCCC[C@H]1C[C@]1(CCC[C@H]1C3)C(=O)N2. The highest BCUT2D eigenvalue weighted by molar-refractivity contribution is 5.93. The third-order valence-corrected chi connectivity index (χ3v) is 21.7. The van der Waals surface area contributed by atoms with Crippen LogP contribution in [0.25, 0.3) is 0 Å². The highest BCUT2D eigenvalue weighted by Crippen LogP contribution is 2.68. The van der Waals surface area contributed by atoms with E-state index in [0.717, 1.165) is 88.2 Å². The van der Waals surface area contributed by atoms with Crippen LogP contribution in [0.15, 0.2) is 12.1 Å². The molecule has 4 saturated carbocycles. The molecule has 1 amide bonds. The molecule has 69 heavy (non-hydrogen) atoms. The number of aromatic hydroxyl groups is 1. The number of carbonyl (C=O) groups is 3. The average molecular weight is 953 g/mol. The van der Waals surface area contributed by atoms with Gasteiger partial charge in [-0.05, 0) is 164 Å². The van der Waals surface area contributed by atoms with Crippen molar-refractivity contribution in [2.75, 3.05) is 32.9 Å². The fraction of sp³-hybridized carbons (Fsp3) is 0.807. The highest BCUT2D eigenvalue weighted by Gasteiger charge is 2.69. The van der Waals surface area contributed by atoms with Crippen molar-refractivity contribution in [2.24, 2.45) is 63.1 Å². The Kier molecular flexibility index (Phi) is 12.7. The van der Waals surface area contributed by atoms with E-state index < -0.39 is 52.0 Å². The van der Waals surface area contributed by atoms with Crippen molar-refractivity contribution >= 4 is 17.8 Å². The Morgan fingerprint density at radius 3 is 2.49 bits per heavy atom. The van der Waals surface area contributed by atoms with E-state index in [1.165, 1.54) is 6.92 Å². The molecule has 0 unspecified atom stereocenters. The molecular weight excluding hydrogens is 873 g/mol. The maximum atomic E-state index is 16.2. The number of benzene rings is 1. The second-order valence-electron chi connectivity index (χ2n) is 24.6. The molecule has 1 aromatic rings. The quantitative estimate of drug-likeness (QED) is 0.112. The number of aliphatic hydroxyl groups is 3. The molecule has 12 heteroatoms. The number of fused-ring (bicyclic) bond motifs is 6. The van der Waals surface area contributed by atoms with Crippen LogP contribution >= 0.6 is 0 Å². The minimum atomic E-state index is -1.17. The van der Waals surface area contributed by atoms with Crippen molar-refractivity contribution in [3.63, 3.8) is 0 Å². The van der Waals surface area contributed by atoms with E-state index in [-0.39, 0.29) is 83.6 Å². The number of aliphatic hydroxyl groups excluding tert-OH is 3. The smallest absolute Gasteiger partial charge is 0.332 e. The Morgan fingerprint density at radius 1 is 0.957 bits per heavy atom. The summed E-state index contributed by atoms with van der Waals surface area (Å²) in [7, 11) is 0. The van der Waals surface area contributed by atoms with Gasteiger partial charge in [0, 0.05) is 72.0 Å². The van der Waals surface area contributed by atoms with Gasteiger partial charge in [0.25, 0.3) is 0 Å². The fourth-order valence-electron chi connectivity index (χ4n) is 18.8. The molecule has 3 spiro atoms. The summed E-state index contributed by atoms with van der Waals surface area (Å²) in [6.07, 6.45) is 14.5. The number of carbonyl (C=O) groups excluding carboxylic acids is 3. The summed E-state index contributed by atoms with van der Waals surface area (Å²) in [6, 6.07) is 3.89. The number of amides is 1. The van der Waals surface area contributed by atoms with E-state index in [4.69, 9.17) is 14.2 Å². The van der Waals surface area contributed by atoms with Crippen molar-refractivity contribution < 1.29 is 49.0 Å². The standard InChI is InChI=1S/C57H80N2O10/c1-34(62)28-38-12-7-10-37-30-42-43(53(33-61)17-5-6-18-53)32-67-48-44(64)15-14-41(46(42)48)47(37)55(23-25-58-26-24-55)50-45-36(16-22-54(38,20-9-27-60)49(45)68-35(2)63)29-39-13-8-19-56(39)31-40-11-3-4-21-57(40,52(66)69-50)59-51(56)65/h14-15,34,36-40,42-43,45,47,49-50,58,60-62,64H,3-6,8-9,11-13,16-33H2,1-2H3,(H,59,65)/t34-,36+,37-,38-,39-,40-,42+,43-,45-,47+,49-,50+,54+,56-,57+/m0/s1. The van der Waals surface area contributed by atoms with Crippen molar-refractivity contribution in [3.05, 3.63) is 23.3 Å². The molecule has 12 nitrogen and oxygen atoms in total. The zero-order valence-electron chi connectivity index (χ0n) is 41.4. The third-order valence-electron chi connectivity index (χ3n) is 21.7. The van der Waals surface area contributed by atoms with Crippen LogP contribution in [0.4, 0.5) is 0 Å². The van der Waals surface area contributed by atoms with Gasteiger partial charge in [0.2, 0.25) is 5.91 Å². The van der Waals surface area contributed by atoms with Crippen molar-refractivity contribution in [2.45, 2.75) is 191 Å². The van der Waals surface area contributed by atoms with Crippen LogP contribution in [0.2, 0.25) is 0 Å². The lowest BCUT2D eigenvalue weighted by Crippen LogP contribution is -2.70. The number of piperidine rings is 2. The summed E-state index contributed by atoms with van der Waals surface area (Å²) in [5, 5.41) is 52.4. The van der Waals surface area contributed by atoms with Gasteiger partial charge in [0.1, 0.15) is 17.7 Å². The summed E-state index contributed by atoms with van der Waals surface area (Å²) in [5.74, 6) is 6.50. The molecule has 1 aromatic carbocycles. The molecule has 6 N–H and O–H groups in total. The molecule has 0 radical (unpaired) electrons. The van der Waals surface area contributed by atoms with Crippen LogP contribution in [0.1, 0.15) is 178 Å². The zero-order valence-corrected chi connectivity index (χ0v) is 41.4. The van der Waals surface area contributed by atoms with Crippen LogP contribution in [-0.4, -0.2) is 95.0 Å². The largest absolute Gasteiger partial charge is 0.504 e. The topological polar surface area (TPSA) is 184 Å². The van der Waals surface area contributed by atoms with Crippen molar-refractivity contribution in [1.82, 2.24) is 10.6 Å². The van der Waals surface area contributed by atoms with Gasteiger partial charge >= 0.3 is 11.9 Å². The molecule has 4 bridgehead atoms. The van der Waals surface area contributed by atoms with Crippen molar-refractivity contribution in [3.8, 4) is 23.3 Å². The predicted octanol–water partition coefficient (Wildman–Crippen LogP) is 7.57. The molecule has 11 aliphatic rings. The van der Waals surface area contributed by atoms with E-state index in [9.17, 15) is 25.2 Å². The third kappa shape index (κ3) is 7.44. The number of hydrogen-bond donors (Lipinski definition) is 6. The molecular formula is C57H80N2O10. The lowest BCUT2D eigenvalue weighted by Gasteiger charge is -2.61. The Morgan fingerprint density at radius 2 is 1.74 bits per heavy atom. The fourth-order valence-corrected chi connectivity index (χ4v) is 18.8. The van der Waals surface area contributed by atoms with Crippen LogP contribution in [0, 0.1) is 74.9 Å². The Balaban J connectivity index is 1.19. The lowest BCUT2D eigenvalue weighted by molar-refractivity contribution is -0.220. The summed E-state index contributed by atoms with van der Waals surface area (Å²) < 4.78 is 21.5. The molecule has 0 aromatic heterocycles. The summed E-state index contributed by atoms with van der Waals surface area (Å²) in [4.78, 5) is 45.4. The molecule has 15 atom stereocenters. The van der Waals surface area contributed by atoms with Gasteiger partial charge in [-0.25, -0.2) is 4.79 Å². The number of hydrogen-bond acceptors (Lipinski definition) is 11. The summed E-state index contributed by atoms with van der Waals surface area (Å²) in [6.45, 7) is 5.12. The first-order valence-electron chi connectivity index (χ1n) is 27.6. The van der Waals surface area contributed by atoms with Crippen LogP contribution in [0.5, 0.6) is 11.5 Å². The van der Waals surface area contributed by atoms with Gasteiger partial charge in [-0.2, -0.15) is 0 Å². The minimum Gasteiger partial charge on any atom is -0.504 e. The average Bonchev–Trinajstić information content (AvgIpc) is 3.99. The van der Waals surface area contributed by atoms with E-state index >= 15 is 9.59 Å². The molecule has 12 rings (SSSR count). The van der Waals surface area contributed by atoms with Crippen LogP contribution in [0.3, 0.4) is 0 Å². The van der Waals surface area contributed by atoms with Gasteiger partial charge < -0.3 is 45.3 Å². The first-order chi connectivity index (χ1) is 33.3. The molecule has 4 saturated heterocycles. The predicted molar refractivity (Wildman–Crippen MR) is 258 cm³/mol. The van der Waals surface area contributed by atoms with Crippen LogP contribution < -0.4 is 15.4 Å². The summed E-state index contributed by atoms with van der Waals surface area (Å²) >= 11 is 0. The van der Waals surface area contributed by atoms with Gasteiger partial charge in [-0.3, -0.25) is 9.59 Å². The van der Waals surface area contributed by atoms with Crippen molar-refractivity contribution in [1.29, 1.82) is 0 Å². The molecule has 6 aliphatic carbocycles. The zero-order chi connectivity index (χ0) is 47.9. The molecule has 8 fully saturated rings. The summed E-state index contributed by atoms with van der Waals surface area (Å²) in [5.41, 5.74) is -1.43. The second-order valence-corrected chi connectivity index (χ2v) is 24.6.